The highest BCUT2D eigenvalue weighted by atomic mass is 32.1. The van der Waals surface area contributed by atoms with Crippen molar-refractivity contribution >= 4 is 32.6 Å². The Hall–Kier alpha value is -2.25. The van der Waals surface area contributed by atoms with Gasteiger partial charge in [-0.15, -0.1) is 0 Å². The zero-order valence-corrected chi connectivity index (χ0v) is 15.2. The minimum absolute atomic E-state index is 0.845. The van der Waals surface area contributed by atoms with E-state index in [-0.39, 0.29) is 0 Å². The summed E-state index contributed by atoms with van der Waals surface area (Å²) in [6.45, 7) is 7.99. The molecule has 1 fully saturated rings. The first-order valence-corrected chi connectivity index (χ1v) is 9.45. The molecule has 0 bridgehead atoms. The fraction of sp³-hybridized carbons (Fsp3) is 0.389. The number of fused-ring (bicyclic) bond motifs is 1. The maximum absolute atomic E-state index is 4.62. The monoisotopic (exact) mass is 354 g/mol. The second-order valence-corrected chi connectivity index (χ2v) is 7.33. The van der Waals surface area contributed by atoms with Gasteiger partial charge in [0.1, 0.15) is 0 Å². The molecular weight excluding hydrogens is 332 g/mol. The first-order chi connectivity index (χ1) is 12.3. The van der Waals surface area contributed by atoms with E-state index in [0.29, 0.717) is 0 Å². The van der Waals surface area contributed by atoms with Crippen molar-refractivity contribution in [2.75, 3.05) is 49.5 Å². The smallest absolute Gasteiger partial charge is 0.225 e. The molecule has 2 aromatic heterocycles. The molecule has 1 aliphatic heterocycles. The van der Waals surface area contributed by atoms with E-state index < -0.39 is 0 Å². The molecule has 1 aromatic carbocycles. The molecule has 0 spiro atoms. The van der Waals surface area contributed by atoms with Crippen LogP contribution in [0.3, 0.4) is 0 Å². The molecule has 0 saturated carbocycles. The average Bonchev–Trinajstić information content (AvgIpc) is 3.06. The number of thiazole rings is 1. The predicted molar refractivity (Wildman–Crippen MR) is 104 cm³/mol. The minimum Gasteiger partial charge on any atom is -0.360 e. The van der Waals surface area contributed by atoms with E-state index in [4.69, 9.17) is 0 Å². The average molecular weight is 354 g/mol. The van der Waals surface area contributed by atoms with Gasteiger partial charge in [0.25, 0.3) is 0 Å². The molecule has 4 rings (SSSR count). The van der Waals surface area contributed by atoms with Crippen LogP contribution in [0.4, 0.5) is 11.1 Å². The van der Waals surface area contributed by atoms with Gasteiger partial charge >= 0.3 is 0 Å². The van der Waals surface area contributed by atoms with E-state index in [9.17, 15) is 0 Å². The molecule has 0 unspecified atom stereocenters. The van der Waals surface area contributed by atoms with Crippen LogP contribution < -0.4 is 10.2 Å². The van der Waals surface area contributed by atoms with Crippen molar-refractivity contribution in [3.63, 3.8) is 0 Å². The number of aryl methyl sites for hydroxylation is 1. The Morgan fingerprint density at radius 3 is 2.60 bits per heavy atom. The topological polar surface area (TPSA) is 57.2 Å². The molecule has 1 saturated heterocycles. The van der Waals surface area contributed by atoms with Crippen LogP contribution in [0.25, 0.3) is 10.2 Å². The molecule has 1 aliphatic rings. The van der Waals surface area contributed by atoms with Gasteiger partial charge < -0.3 is 10.2 Å². The van der Waals surface area contributed by atoms with Crippen molar-refractivity contribution < 1.29 is 0 Å². The molecule has 0 radical (unpaired) electrons. The number of rotatable bonds is 5. The quantitative estimate of drug-likeness (QED) is 0.760. The van der Waals surface area contributed by atoms with Crippen LogP contribution in [0.15, 0.2) is 36.7 Å². The number of aromatic nitrogens is 3. The predicted octanol–water partition coefficient (Wildman–Crippen LogP) is 2.63. The number of nitrogens with zero attached hydrogens (tertiary/aromatic N) is 5. The zero-order valence-electron chi connectivity index (χ0n) is 14.4. The van der Waals surface area contributed by atoms with Gasteiger partial charge in [-0.1, -0.05) is 23.5 Å². The highest BCUT2D eigenvalue weighted by Gasteiger charge is 2.18. The number of benzene rings is 1. The minimum atomic E-state index is 0.845. The van der Waals surface area contributed by atoms with E-state index in [1.54, 1.807) is 11.3 Å². The number of nitrogens with one attached hydrogen (secondary N) is 1. The fourth-order valence-electron chi connectivity index (χ4n) is 2.99. The lowest BCUT2D eigenvalue weighted by molar-refractivity contribution is 0.266. The number of piperazine rings is 1. The summed E-state index contributed by atoms with van der Waals surface area (Å²) in [5, 5.41) is 4.47. The third-order valence-corrected chi connectivity index (χ3v) is 5.41. The molecule has 130 valence electrons. The van der Waals surface area contributed by atoms with Crippen LogP contribution in [0, 0.1) is 6.92 Å². The van der Waals surface area contributed by atoms with E-state index in [2.05, 4.69) is 48.3 Å². The Balaban J connectivity index is 1.24. The summed E-state index contributed by atoms with van der Waals surface area (Å²) in [6, 6.07) is 8.26. The van der Waals surface area contributed by atoms with Crippen LogP contribution in [-0.2, 0) is 0 Å². The van der Waals surface area contributed by atoms with Crippen molar-refractivity contribution in [2.45, 2.75) is 6.92 Å². The van der Waals surface area contributed by atoms with Gasteiger partial charge in [0.05, 0.1) is 10.2 Å². The van der Waals surface area contributed by atoms with Crippen LogP contribution in [0.2, 0.25) is 0 Å². The first kappa shape index (κ1) is 16.2. The lowest BCUT2D eigenvalue weighted by atomic mass is 10.3. The maximum atomic E-state index is 4.62. The van der Waals surface area contributed by atoms with Crippen molar-refractivity contribution in [2.24, 2.45) is 0 Å². The summed E-state index contributed by atoms with van der Waals surface area (Å²) in [6.07, 6.45) is 3.77. The van der Waals surface area contributed by atoms with Crippen LogP contribution in [0.1, 0.15) is 5.56 Å². The Morgan fingerprint density at radius 1 is 1.08 bits per heavy atom. The van der Waals surface area contributed by atoms with Gasteiger partial charge in [-0.2, -0.15) is 0 Å². The molecule has 1 N–H and O–H groups in total. The third-order valence-electron chi connectivity index (χ3n) is 4.42. The normalized spacial score (nSPS) is 15.6. The van der Waals surface area contributed by atoms with Crippen molar-refractivity contribution in [3.8, 4) is 0 Å². The summed E-state index contributed by atoms with van der Waals surface area (Å²) in [5.74, 6) is 0.845. The van der Waals surface area contributed by atoms with Crippen LogP contribution in [0.5, 0.6) is 0 Å². The highest BCUT2D eigenvalue weighted by Crippen LogP contribution is 2.25. The lowest BCUT2D eigenvalue weighted by Gasteiger charge is -2.34. The maximum Gasteiger partial charge on any atom is 0.225 e. The van der Waals surface area contributed by atoms with E-state index in [1.165, 1.54) is 4.70 Å². The Labute approximate surface area is 151 Å². The molecule has 6 nitrogen and oxygen atoms in total. The first-order valence-electron chi connectivity index (χ1n) is 8.63. The summed E-state index contributed by atoms with van der Waals surface area (Å²) in [5.41, 5.74) is 2.17. The summed E-state index contributed by atoms with van der Waals surface area (Å²) in [7, 11) is 0. The lowest BCUT2D eigenvalue weighted by Crippen LogP contribution is -2.48. The molecule has 0 amide bonds. The summed E-state index contributed by atoms with van der Waals surface area (Å²) < 4.78 is 1.23. The number of para-hydroxylation sites is 1. The fourth-order valence-corrected chi connectivity index (χ4v) is 3.88. The SMILES string of the molecule is Cc1cnc(N2CCN(CCNc3nc4ccccc4s3)CC2)nc1. The largest absolute Gasteiger partial charge is 0.360 e. The number of hydrogen-bond donors (Lipinski definition) is 1. The van der Waals surface area contributed by atoms with E-state index in [1.807, 2.05) is 25.4 Å². The van der Waals surface area contributed by atoms with Crippen LogP contribution >= 0.6 is 11.3 Å². The standard InChI is InChI=1S/C18H22N6S/c1-14-12-20-17(21-13-14)24-10-8-23(9-11-24)7-6-19-18-22-15-4-2-3-5-16(15)25-18/h2-5,12-13H,6-11H2,1H3,(H,19,22). The molecule has 25 heavy (non-hydrogen) atoms. The Bertz CT molecular complexity index is 790. The highest BCUT2D eigenvalue weighted by molar-refractivity contribution is 7.22. The zero-order chi connectivity index (χ0) is 17.1. The van der Waals surface area contributed by atoms with Gasteiger partial charge in [0, 0.05) is 51.7 Å². The van der Waals surface area contributed by atoms with Crippen molar-refractivity contribution in [1.29, 1.82) is 0 Å². The Kier molecular flexibility index (Phi) is 4.76. The second-order valence-electron chi connectivity index (χ2n) is 6.30. The number of anilines is 2. The molecule has 0 atom stereocenters. The van der Waals surface area contributed by atoms with Gasteiger partial charge in [0.2, 0.25) is 5.95 Å². The molecule has 0 aliphatic carbocycles. The summed E-state index contributed by atoms with van der Waals surface area (Å²) in [4.78, 5) is 18.2. The van der Waals surface area contributed by atoms with E-state index in [0.717, 1.165) is 61.4 Å². The van der Waals surface area contributed by atoms with Gasteiger partial charge in [-0.3, -0.25) is 4.90 Å². The molecule has 3 heterocycles. The van der Waals surface area contributed by atoms with Crippen molar-refractivity contribution in [3.05, 3.63) is 42.2 Å². The van der Waals surface area contributed by atoms with E-state index >= 15 is 0 Å². The van der Waals surface area contributed by atoms with Gasteiger partial charge in [-0.25, -0.2) is 15.0 Å². The molecular formula is C18H22N6S. The Morgan fingerprint density at radius 2 is 1.84 bits per heavy atom. The number of hydrogen-bond acceptors (Lipinski definition) is 7. The third kappa shape index (κ3) is 3.88. The second kappa shape index (κ2) is 7.33. The molecule has 3 aromatic rings. The summed E-state index contributed by atoms with van der Waals surface area (Å²) >= 11 is 1.72. The van der Waals surface area contributed by atoms with Crippen molar-refractivity contribution in [1.82, 2.24) is 19.9 Å². The van der Waals surface area contributed by atoms with Gasteiger partial charge in [-0.05, 0) is 24.6 Å². The van der Waals surface area contributed by atoms with Crippen LogP contribution in [-0.4, -0.2) is 59.1 Å². The molecule has 7 heteroatoms. The van der Waals surface area contributed by atoms with Gasteiger partial charge in [0.15, 0.2) is 5.13 Å².